The molecule has 2 amide bonds. The third kappa shape index (κ3) is 5.59. The molecule has 1 heterocycles. The predicted molar refractivity (Wildman–Crippen MR) is 113 cm³/mol. The van der Waals surface area contributed by atoms with E-state index in [0.717, 1.165) is 23.8 Å². The summed E-state index contributed by atoms with van der Waals surface area (Å²) in [6.07, 6.45) is 2.75. The number of primary amides is 1. The Kier molecular flexibility index (Phi) is 6.62. The van der Waals surface area contributed by atoms with Gasteiger partial charge in [-0.15, -0.1) is 10.2 Å². The Morgan fingerprint density at radius 2 is 1.97 bits per heavy atom. The molecule has 2 aromatic rings. The van der Waals surface area contributed by atoms with Gasteiger partial charge in [0.15, 0.2) is 5.16 Å². The molecule has 1 atom stereocenters. The van der Waals surface area contributed by atoms with Crippen LogP contribution in [-0.4, -0.2) is 37.9 Å². The van der Waals surface area contributed by atoms with Crippen LogP contribution in [0.2, 0.25) is 0 Å². The van der Waals surface area contributed by atoms with Gasteiger partial charge in [0.05, 0.1) is 12.3 Å². The smallest absolute Gasteiger partial charge is 0.242 e. The number of hydrogen-bond donors (Lipinski definition) is 2. The second-order valence-electron chi connectivity index (χ2n) is 8.32. The van der Waals surface area contributed by atoms with Gasteiger partial charge in [0.25, 0.3) is 0 Å². The van der Waals surface area contributed by atoms with Gasteiger partial charge in [-0.25, -0.2) is 0 Å². The van der Waals surface area contributed by atoms with E-state index in [2.05, 4.69) is 32.2 Å². The summed E-state index contributed by atoms with van der Waals surface area (Å²) in [7, 11) is 0. The molecule has 0 radical (unpaired) electrons. The van der Waals surface area contributed by atoms with Gasteiger partial charge >= 0.3 is 0 Å². The molecule has 8 heteroatoms. The number of nitrogens with zero attached hydrogens (tertiary/aromatic N) is 3. The normalized spacial score (nSPS) is 15.9. The second kappa shape index (κ2) is 8.98. The average molecular weight is 416 g/mol. The lowest BCUT2D eigenvalue weighted by Crippen LogP contribution is -2.56. The molecule has 3 rings (SSSR count). The van der Waals surface area contributed by atoms with Crippen LogP contribution in [0.25, 0.3) is 0 Å². The number of nitrogens with one attached hydrogen (secondary N) is 1. The van der Waals surface area contributed by atoms with E-state index in [0.29, 0.717) is 18.9 Å². The summed E-state index contributed by atoms with van der Waals surface area (Å²) >= 11 is 1.34. The van der Waals surface area contributed by atoms with Gasteiger partial charge in [-0.05, 0) is 37.7 Å². The third-order valence-electron chi connectivity index (χ3n) is 4.98. The monoisotopic (exact) mass is 415 g/mol. The van der Waals surface area contributed by atoms with E-state index >= 15 is 0 Å². The van der Waals surface area contributed by atoms with Crippen LogP contribution in [0.5, 0.6) is 0 Å². The molecule has 3 N–H and O–H groups in total. The average Bonchev–Trinajstić information content (AvgIpc) is 3.42. The van der Waals surface area contributed by atoms with Gasteiger partial charge in [0.1, 0.15) is 11.4 Å². The summed E-state index contributed by atoms with van der Waals surface area (Å²) in [5.41, 5.74) is 5.65. The minimum atomic E-state index is -1.05. The molecular weight excluding hydrogens is 386 g/mol. The molecule has 1 aromatic heterocycles. The van der Waals surface area contributed by atoms with Crippen LogP contribution in [0.1, 0.15) is 57.3 Å². The lowest BCUT2D eigenvalue weighted by atomic mass is 9.90. The van der Waals surface area contributed by atoms with Crippen molar-refractivity contribution in [3.63, 3.8) is 0 Å². The Bertz CT molecular complexity index is 863. The lowest BCUT2D eigenvalue weighted by molar-refractivity contribution is -0.130. The van der Waals surface area contributed by atoms with E-state index in [-0.39, 0.29) is 17.6 Å². The van der Waals surface area contributed by atoms with Gasteiger partial charge in [0.2, 0.25) is 11.8 Å². The molecule has 0 saturated heterocycles. The molecule has 1 aliphatic rings. The first-order valence-electron chi connectivity index (χ1n) is 9.99. The zero-order chi connectivity index (χ0) is 21.0. The van der Waals surface area contributed by atoms with Crippen molar-refractivity contribution in [2.24, 2.45) is 11.7 Å². The molecule has 1 unspecified atom stereocenters. The molecule has 1 fully saturated rings. The molecule has 156 valence electrons. The van der Waals surface area contributed by atoms with Crippen LogP contribution in [0.15, 0.2) is 35.5 Å². The summed E-state index contributed by atoms with van der Waals surface area (Å²) in [6.45, 7) is 6.35. The summed E-state index contributed by atoms with van der Waals surface area (Å²) in [4.78, 5) is 24.4. The largest absolute Gasteiger partial charge is 0.368 e. The highest BCUT2D eigenvalue weighted by Crippen LogP contribution is 2.40. The summed E-state index contributed by atoms with van der Waals surface area (Å²) in [5, 5.41) is 12.2. The lowest BCUT2D eigenvalue weighted by Gasteiger charge is -2.29. The molecule has 29 heavy (non-hydrogen) atoms. The van der Waals surface area contributed by atoms with Gasteiger partial charge in [0, 0.05) is 5.92 Å². The number of nitrogens with two attached hydrogens (primary N) is 1. The van der Waals surface area contributed by atoms with E-state index in [4.69, 9.17) is 5.73 Å². The highest BCUT2D eigenvalue weighted by Gasteiger charge is 2.34. The minimum Gasteiger partial charge on any atom is -0.368 e. The molecular formula is C21H29N5O2S. The van der Waals surface area contributed by atoms with Gasteiger partial charge in [-0.1, -0.05) is 55.9 Å². The summed E-state index contributed by atoms with van der Waals surface area (Å²) < 4.78 is 2.10. The molecule has 0 aliphatic heterocycles. The maximum atomic E-state index is 12.5. The number of rotatable bonds is 10. The molecule has 1 saturated carbocycles. The number of carbonyl (C=O) groups is 2. The number of hydrogen-bond acceptors (Lipinski definition) is 5. The Morgan fingerprint density at radius 3 is 2.55 bits per heavy atom. The van der Waals surface area contributed by atoms with Gasteiger partial charge < -0.3 is 15.6 Å². The summed E-state index contributed by atoms with van der Waals surface area (Å²) in [5.74, 6) is 1.07. The van der Waals surface area contributed by atoms with E-state index in [9.17, 15) is 9.59 Å². The number of amides is 2. The van der Waals surface area contributed by atoms with E-state index in [1.54, 1.807) is 6.92 Å². The summed E-state index contributed by atoms with van der Waals surface area (Å²) in [6, 6.07) is 10.2. The van der Waals surface area contributed by atoms with Crippen molar-refractivity contribution in [2.75, 3.05) is 5.75 Å². The highest BCUT2D eigenvalue weighted by atomic mass is 32.2. The third-order valence-corrected chi connectivity index (χ3v) is 5.95. The first kappa shape index (κ1) is 21.4. The standard InChI is InChI=1S/C21H29N5O2S/c1-14(2)11-21(3,19(22)28)23-17(27)13-29-20-25-24-18(16-9-10-16)26(20)12-15-7-5-4-6-8-15/h4-8,14,16H,9-13H2,1-3H3,(H2,22,28)(H,23,27). The molecule has 0 spiro atoms. The molecule has 0 bridgehead atoms. The Labute approximate surface area is 175 Å². The van der Waals surface area contributed by atoms with Crippen LogP contribution >= 0.6 is 11.8 Å². The highest BCUT2D eigenvalue weighted by molar-refractivity contribution is 7.99. The van der Waals surface area contributed by atoms with Gasteiger partial charge in [-0.3, -0.25) is 9.59 Å². The first-order chi connectivity index (χ1) is 13.8. The number of carbonyl (C=O) groups excluding carboxylic acids is 2. The van der Waals surface area contributed by atoms with Crippen LogP contribution in [0, 0.1) is 5.92 Å². The van der Waals surface area contributed by atoms with Crippen LogP contribution in [-0.2, 0) is 16.1 Å². The van der Waals surface area contributed by atoms with Crippen LogP contribution in [0.3, 0.4) is 0 Å². The van der Waals surface area contributed by atoms with E-state index < -0.39 is 11.4 Å². The van der Waals surface area contributed by atoms with E-state index in [1.165, 1.54) is 17.3 Å². The van der Waals surface area contributed by atoms with E-state index in [1.807, 2.05) is 32.0 Å². The maximum absolute atomic E-state index is 12.5. The topological polar surface area (TPSA) is 103 Å². The van der Waals surface area contributed by atoms with Crippen molar-refractivity contribution in [2.45, 2.75) is 63.2 Å². The number of aromatic nitrogens is 3. The minimum absolute atomic E-state index is 0.151. The van der Waals surface area contributed by atoms with Gasteiger partial charge in [-0.2, -0.15) is 0 Å². The fourth-order valence-corrected chi connectivity index (χ4v) is 4.21. The van der Waals surface area contributed by atoms with Crippen molar-refractivity contribution in [1.82, 2.24) is 20.1 Å². The van der Waals surface area contributed by atoms with Crippen molar-refractivity contribution in [1.29, 1.82) is 0 Å². The molecule has 7 nitrogen and oxygen atoms in total. The van der Waals surface area contributed by atoms with Crippen molar-refractivity contribution >= 4 is 23.6 Å². The zero-order valence-electron chi connectivity index (χ0n) is 17.2. The first-order valence-corrected chi connectivity index (χ1v) is 11.0. The second-order valence-corrected chi connectivity index (χ2v) is 9.26. The van der Waals surface area contributed by atoms with Crippen molar-refractivity contribution in [3.8, 4) is 0 Å². The van der Waals surface area contributed by atoms with Crippen LogP contribution < -0.4 is 11.1 Å². The Hall–Kier alpha value is -2.35. The molecule has 1 aromatic carbocycles. The fourth-order valence-electron chi connectivity index (χ4n) is 3.47. The Morgan fingerprint density at radius 1 is 1.28 bits per heavy atom. The zero-order valence-corrected chi connectivity index (χ0v) is 18.0. The number of benzene rings is 1. The van der Waals surface area contributed by atoms with Crippen molar-refractivity contribution < 1.29 is 9.59 Å². The van der Waals surface area contributed by atoms with Crippen molar-refractivity contribution in [3.05, 3.63) is 41.7 Å². The fraction of sp³-hybridized carbons (Fsp3) is 0.524. The Balaban J connectivity index is 1.68. The number of thioether (sulfide) groups is 1. The maximum Gasteiger partial charge on any atom is 0.242 e. The van der Waals surface area contributed by atoms with Crippen LogP contribution in [0.4, 0.5) is 0 Å². The molecule has 1 aliphatic carbocycles. The predicted octanol–water partition coefficient (Wildman–Crippen LogP) is 2.70. The quantitative estimate of drug-likeness (QED) is 0.581. The SMILES string of the molecule is CC(C)CC(C)(NC(=O)CSc1nnc(C2CC2)n1Cc1ccccc1)C(N)=O.